The number of likely N-dealkylation sites (tertiary alicyclic amines) is 1. The van der Waals surface area contributed by atoms with Gasteiger partial charge < -0.3 is 10.2 Å². The van der Waals surface area contributed by atoms with Crippen LogP contribution < -0.4 is 5.32 Å². The zero-order chi connectivity index (χ0) is 16.5. The number of thioether (sulfide) groups is 1. The number of carbonyl (C=O) groups is 1. The molecule has 5 heteroatoms. The molecule has 2 rings (SSSR count). The molecule has 3 nitrogen and oxygen atoms in total. The molecule has 1 heterocycles. The smallest absolute Gasteiger partial charge is 0.220 e. The summed E-state index contributed by atoms with van der Waals surface area (Å²) in [7, 11) is 2.14. The van der Waals surface area contributed by atoms with Crippen LogP contribution in [0.4, 0.5) is 4.39 Å². The Kier molecular flexibility index (Phi) is 7.89. The van der Waals surface area contributed by atoms with E-state index in [0.29, 0.717) is 12.3 Å². The lowest BCUT2D eigenvalue weighted by Gasteiger charge is -2.28. The Bertz CT molecular complexity index is 472. The normalized spacial score (nSPS) is 16.4. The van der Waals surface area contributed by atoms with Gasteiger partial charge in [0.2, 0.25) is 5.91 Å². The van der Waals surface area contributed by atoms with E-state index in [9.17, 15) is 9.18 Å². The van der Waals surface area contributed by atoms with E-state index in [0.717, 1.165) is 56.0 Å². The van der Waals surface area contributed by atoms with Crippen molar-refractivity contribution in [1.82, 2.24) is 10.2 Å². The van der Waals surface area contributed by atoms with Crippen LogP contribution in [0.1, 0.15) is 31.2 Å². The van der Waals surface area contributed by atoms with Crippen molar-refractivity contribution in [3.05, 3.63) is 35.6 Å². The summed E-state index contributed by atoms with van der Waals surface area (Å²) < 4.78 is 12.8. The van der Waals surface area contributed by atoms with Crippen molar-refractivity contribution in [1.29, 1.82) is 0 Å². The SMILES string of the molecule is CN1CCC(CC(=O)NCCCSCc2ccc(F)cc2)CC1. The van der Waals surface area contributed by atoms with Crippen molar-refractivity contribution in [2.24, 2.45) is 5.92 Å². The van der Waals surface area contributed by atoms with Gasteiger partial charge in [-0.15, -0.1) is 0 Å². The van der Waals surface area contributed by atoms with Gasteiger partial charge in [0.05, 0.1) is 0 Å². The van der Waals surface area contributed by atoms with Crippen molar-refractivity contribution >= 4 is 17.7 Å². The number of hydrogen-bond donors (Lipinski definition) is 1. The van der Waals surface area contributed by atoms with E-state index in [1.165, 1.54) is 12.1 Å². The highest BCUT2D eigenvalue weighted by atomic mass is 32.2. The first kappa shape index (κ1) is 18.3. The molecule has 0 radical (unpaired) electrons. The number of nitrogens with one attached hydrogen (secondary N) is 1. The summed E-state index contributed by atoms with van der Waals surface area (Å²) in [5.41, 5.74) is 1.14. The Morgan fingerprint density at radius 1 is 1.30 bits per heavy atom. The number of nitrogens with zero attached hydrogens (tertiary/aromatic N) is 1. The van der Waals surface area contributed by atoms with Gasteiger partial charge in [-0.2, -0.15) is 11.8 Å². The molecule has 0 atom stereocenters. The summed E-state index contributed by atoms with van der Waals surface area (Å²) in [6.07, 6.45) is 3.93. The lowest BCUT2D eigenvalue weighted by atomic mass is 9.93. The monoisotopic (exact) mass is 338 g/mol. The van der Waals surface area contributed by atoms with Crippen LogP contribution in [-0.4, -0.2) is 43.2 Å². The minimum atomic E-state index is -0.189. The minimum absolute atomic E-state index is 0.189. The van der Waals surface area contributed by atoms with E-state index in [1.54, 1.807) is 0 Å². The Balaban J connectivity index is 1.48. The molecular weight excluding hydrogens is 311 g/mol. The van der Waals surface area contributed by atoms with Crippen molar-refractivity contribution in [2.75, 3.05) is 32.4 Å². The zero-order valence-corrected chi connectivity index (χ0v) is 14.7. The van der Waals surface area contributed by atoms with E-state index in [-0.39, 0.29) is 11.7 Å². The fourth-order valence-electron chi connectivity index (χ4n) is 2.77. The molecule has 0 spiro atoms. The molecule has 0 bridgehead atoms. The lowest BCUT2D eigenvalue weighted by molar-refractivity contribution is -0.122. The number of halogens is 1. The summed E-state index contributed by atoms with van der Waals surface area (Å²) in [5, 5.41) is 3.03. The Morgan fingerprint density at radius 3 is 2.70 bits per heavy atom. The average molecular weight is 338 g/mol. The fraction of sp³-hybridized carbons (Fsp3) is 0.611. The van der Waals surface area contributed by atoms with E-state index < -0.39 is 0 Å². The quantitative estimate of drug-likeness (QED) is 0.738. The van der Waals surface area contributed by atoms with Crippen molar-refractivity contribution in [2.45, 2.75) is 31.4 Å². The first-order valence-electron chi connectivity index (χ1n) is 8.41. The number of amides is 1. The van der Waals surface area contributed by atoms with E-state index >= 15 is 0 Å². The van der Waals surface area contributed by atoms with Crippen molar-refractivity contribution in [3.63, 3.8) is 0 Å². The molecule has 1 amide bonds. The highest BCUT2D eigenvalue weighted by Crippen LogP contribution is 2.19. The van der Waals surface area contributed by atoms with Crippen LogP contribution >= 0.6 is 11.8 Å². The molecule has 1 fully saturated rings. The Morgan fingerprint density at radius 2 is 2.00 bits per heavy atom. The minimum Gasteiger partial charge on any atom is -0.356 e. The fourth-order valence-corrected chi connectivity index (χ4v) is 3.69. The molecular formula is C18H27FN2OS. The van der Waals surface area contributed by atoms with Gasteiger partial charge in [-0.1, -0.05) is 12.1 Å². The van der Waals surface area contributed by atoms with Gasteiger partial charge in [0.25, 0.3) is 0 Å². The Hall–Kier alpha value is -1.07. The third-order valence-corrected chi connectivity index (χ3v) is 5.40. The maximum Gasteiger partial charge on any atom is 0.220 e. The van der Waals surface area contributed by atoms with E-state index in [2.05, 4.69) is 17.3 Å². The molecule has 1 aromatic rings. The second-order valence-corrected chi connectivity index (χ2v) is 7.44. The van der Waals surface area contributed by atoms with Crippen LogP contribution in [0.5, 0.6) is 0 Å². The van der Waals surface area contributed by atoms with Gasteiger partial charge in [-0.05, 0) is 68.8 Å². The predicted octanol–water partition coefficient (Wildman–Crippen LogP) is 3.30. The summed E-state index contributed by atoms with van der Waals surface area (Å²) in [4.78, 5) is 14.2. The average Bonchev–Trinajstić information content (AvgIpc) is 2.54. The van der Waals surface area contributed by atoms with Gasteiger partial charge in [0.1, 0.15) is 5.82 Å². The second kappa shape index (κ2) is 9.93. The van der Waals surface area contributed by atoms with Crippen LogP contribution in [0.2, 0.25) is 0 Å². The van der Waals surface area contributed by atoms with Gasteiger partial charge in [-0.25, -0.2) is 4.39 Å². The van der Waals surface area contributed by atoms with Gasteiger partial charge in [0.15, 0.2) is 0 Å². The van der Waals surface area contributed by atoms with Crippen LogP contribution in [0.25, 0.3) is 0 Å². The van der Waals surface area contributed by atoms with Crippen molar-refractivity contribution < 1.29 is 9.18 Å². The van der Waals surface area contributed by atoms with Gasteiger partial charge in [-0.3, -0.25) is 4.79 Å². The highest BCUT2D eigenvalue weighted by Gasteiger charge is 2.19. The summed E-state index contributed by atoms with van der Waals surface area (Å²) in [6.45, 7) is 2.97. The molecule has 1 aliphatic rings. The molecule has 128 valence electrons. The molecule has 1 N–H and O–H groups in total. The molecule has 23 heavy (non-hydrogen) atoms. The lowest BCUT2D eigenvalue weighted by Crippen LogP contribution is -2.33. The summed E-state index contributed by atoms with van der Waals surface area (Å²) >= 11 is 1.82. The maximum absolute atomic E-state index is 12.8. The number of carbonyl (C=O) groups excluding carboxylic acids is 1. The third-order valence-electron chi connectivity index (χ3n) is 4.28. The predicted molar refractivity (Wildman–Crippen MR) is 95.0 cm³/mol. The van der Waals surface area contributed by atoms with Crippen LogP contribution in [-0.2, 0) is 10.5 Å². The van der Waals surface area contributed by atoms with Gasteiger partial charge in [0, 0.05) is 18.7 Å². The number of piperidine rings is 1. The molecule has 0 aromatic heterocycles. The molecule has 1 aromatic carbocycles. The zero-order valence-electron chi connectivity index (χ0n) is 13.9. The molecule has 0 aliphatic carbocycles. The first-order valence-corrected chi connectivity index (χ1v) is 9.56. The maximum atomic E-state index is 12.8. The van der Waals surface area contributed by atoms with Crippen LogP contribution in [0.3, 0.4) is 0 Å². The van der Waals surface area contributed by atoms with Crippen LogP contribution in [0.15, 0.2) is 24.3 Å². The standard InChI is InChI=1S/C18H27FN2OS/c1-21-10-7-15(8-11-21)13-18(22)20-9-2-12-23-14-16-3-5-17(19)6-4-16/h3-6,15H,2,7-14H2,1H3,(H,20,22). The molecule has 1 aliphatic heterocycles. The Labute approximate surface area is 143 Å². The second-order valence-electron chi connectivity index (χ2n) is 6.33. The summed E-state index contributed by atoms with van der Waals surface area (Å²) in [5.74, 6) is 2.46. The van der Waals surface area contributed by atoms with Crippen LogP contribution in [0, 0.1) is 11.7 Å². The number of rotatable bonds is 8. The summed E-state index contributed by atoms with van der Waals surface area (Å²) in [6, 6.07) is 6.65. The van der Waals surface area contributed by atoms with E-state index in [1.807, 2.05) is 23.9 Å². The van der Waals surface area contributed by atoms with Gasteiger partial charge >= 0.3 is 0 Å². The third kappa shape index (κ3) is 7.36. The number of benzene rings is 1. The van der Waals surface area contributed by atoms with E-state index in [4.69, 9.17) is 0 Å². The van der Waals surface area contributed by atoms with Crippen molar-refractivity contribution in [3.8, 4) is 0 Å². The highest BCUT2D eigenvalue weighted by molar-refractivity contribution is 7.98. The molecule has 0 unspecified atom stereocenters. The number of hydrogen-bond acceptors (Lipinski definition) is 3. The largest absolute Gasteiger partial charge is 0.356 e. The molecule has 0 saturated carbocycles. The topological polar surface area (TPSA) is 32.3 Å². The first-order chi connectivity index (χ1) is 11.1. The molecule has 1 saturated heterocycles.